The lowest BCUT2D eigenvalue weighted by atomic mass is 9.81. The molecule has 1 aliphatic rings. The summed E-state index contributed by atoms with van der Waals surface area (Å²) in [7, 11) is 0. The molecule has 0 N–H and O–H groups in total. The summed E-state index contributed by atoms with van der Waals surface area (Å²) >= 11 is 0. The zero-order valence-electron chi connectivity index (χ0n) is 30.1. The summed E-state index contributed by atoms with van der Waals surface area (Å²) < 4.78 is 2.46. The SMILES string of the molecule is CC1(C)c2ccccc2-c2ccc3c4ccccc4n(-c4cc(-c5cc(-c6ccccc6)cc(-c6ccccc6)n5)cc(-c5ccccc5C#N)c4)c3c21. The maximum absolute atomic E-state index is 10.3. The van der Waals surface area contributed by atoms with Gasteiger partial charge >= 0.3 is 0 Å². The first-order valence-corrected chi connectivity index (χ1v) is 18.4. The van der Waals surface area contributed by atoms with Crippen LogP contribution in [-0.4, -0.2) is 9.55 Å². The van der Waals surface area contributed by atoms with E-state index in [0.29, 0.717) is 5.56 Å². The molecule has 0 unspecified atom stereocenters. The van der Waals surface area contributed by atoms with Gasteiger partial charge in [-0.3, -0.25) is 0 Å². The quantitative estimate of drug-likeness (QED) is 0.180. The zero-order chi connectivity index (χ0) is 36.4. The molecule has 7 aromatic carbocycles. The predicted molar refractivity (Wildman–Crippen MR) is 223 cm³/mol. The summed E-state index contributed by atoms with van der Waals surface area (Å²) in [5.74, 6) is 0. The van der Waals surface area contributed by atoms with Crippen LogP contribution in [0, 0.1) is 11.3 Å². The van der Waals surface area contributed by atoms with Crippen molar-refractivity contribution in [1.29, 1.82) is 5.26 Å². The van der Waals surface area contributed by atoms with E-state index in [0.717, 1.165) is 56.0 Å². The average Bonchev–Trinajstić information content (AvgIpc) is 3.69. The van der Waals surface area contributed by atoms with Crippen molar-refractivity contribution in [1.82, 2.24) is 9.55 Å². The molecule has 0 aliphatic heterocycles. The maximum Gasteiger partial charge on any atom is 0.0998 e. The van der Waals surface area contributed by atoms with Crippen LogP contribution in [0.4, 0.5) is 0 Å². The van der Waals surface area contributed by atoms with Gasteiger partial charge in [-0.25, -0.2) is 4.98 Å². The second kappa shape index (κ2) is 12.3. The fourth-order valence-corrected chi connectivity index (χ4v) is 8.69. The Labute approximate surface area is 315 Å². The summed E-state index contributed by atoms with van der Waals surface area (Å²) in [6.45, 7) is 4.71. The van der Waals surface area contributed by atoms with Crippen LogP contribution in [0.5, 0.6) is 0 Å². The van der Waals surface area contributed by atoms with E-state index >= 15 is 0 Å². The monoisotopic (exact) mass is 689 g/mol. The second-order valence-corrected chi connectivity index (χ2v) is 14.7. The number of hydrogen-bond acceptors (Lipinski definition) is 2. The van der Waals surface area contributed by atoms with Gasteiger partial charge in [-0.15, -0.1) is 0 Å². The molecule has 0 atom stereocenters. The standard InChI is InChI=1S/C51H35N3/c1-51(2)45-23-13-11-21-41(45)43-25-26-44-42-22-12-14-24-48(42)54(50(44)49(43)51)39-28-37(40-20-10-9-19-35(40)32-52)27-38(29-39)47-31-36(33-15-5-3-6-16-33)30-46(53-47)34-17-7-4-8-18-34/h3-31H,1-2H3. The van der Waals surface area contributed by atoms with Gasteiger partial charge in [0, 0.05) is 33.0 Å². The van der Waals surface area contributed by atoms with Gasteiger partial charge in [0.1, 0.15) is 0 Å². The Morgan fingerprint density at radius 3 is 1.91 bits per heavy atom. The summed E-state index contributed by atoms with van der Waals surface area (Å²) in [4.78, 5) is 5.36. The third-order valence-corrected chi connectivity index (χ3v) is 11.2. The second-order valence-electron chi connectivity index (χ2n) is 14.7. The molecule has 10 rings (SSSR count). The largest absolute Gasteiger partial charge is 0.309 e. The summed E-state index contributed by atoms with van der Waals surface area (Å²) in [6.07, 6.45) is 0. The van der Waals surface area contributed by atoms with Crippen molar-refractivity contribution in [2.45, 2.75) is 19.3 Å². The number of aromatic nitrogens is 2. The average molecular weight is 690 g/mol. The minimum absolute atomic E-state index is 0.221. The van der Waals surface area contributed by atoms with E-state index in [1.807, 2.05) is 36.4 Å². The molecule has 0 spiro atoms. The highest BCUT2D eigenvalue weighted by molar-refractivity contribution is 6.13. The Balaban J connectivity index is 1.31. The summed E-state index contributed by atoms with van der Waals surface area (Å²) in [5, 5.41) is 12.7. The van der Waals surface area contributed by atoms with Gasteiger partial charge in [0.15, 0.2) is 0 Å². The molecule has 3 nitrogen and oxygen atoms in total. The van der Waals surface area contributed by atoms with Crippen molar-refractivity contribution in [3.63, 3.8) is 0 Å². The Bertz CT molecular complexity index is 2900. The smallest absolute Gasteiger partial charge is 0.0998 e. The van der Waals surface area contributed by atoms with E-state index in [4.69, 9.17) is 4.98 Å². The van der Waals surface area contributed by atoms with E-state index in [9.17, 15) is 5.26 Å². The van der Waals surface area contributed by atoms with E-state index in [1.165, 1.54) is 38.5 Å². The molecule has 0 saturated carbocycles. The summed E-state index contributed by atoms with van der Waals surface area (Å²) in [5.41, 5.74) is 16.9. The van der Waals surface area contributed by atoms with E-state index < -0.39 is 0 Å². The van der Waals surface area contributed by atoms with Crippen LogP contribution in [0.3, 0.4) is 0 Å². The highest BCUT2D eigenvalue weighted by Gasteiger charge is 2.38. The molecular weight excluding hydrogens is 655 g/mol. The molecule has 9 aromatic rings. The lowest BCUT2D eigenvalue weighted by molar-refractivity contribution is 0.664. The highest BCUT2D eigenvalue weighted by Crippen LogP contribution is 2.53. The van der Waals surface area contributed by atoms with Crippen LogP contribution < -0.4 is 0 Å². The van der Waals surface area contributed by atoms with Crippen LogP contribution in [0.1, 0.15) is 30.5 Å². The Morgan fingerprint density at radius 2 is 1.13 bits per heavy atom. The van der Waals surface area contributed by atoms with Gasteiger partial charge in [0.25, 0.3) is 0 Å². The van der Waals surface area contributed by atoms with Gasteiger partial charge in [0.05, 0.1) is 34.1 Å². The van der Waals surface area contributed by atoms with Crippen LogP contribution in [0.15, 0.2) is 176 Å². The number of fused-ring (bicyclic) bond motifs is 7. The molecule has 3 heteroatoms. The third-order valence-electron chi connectivity index (χ3n) is 11.2. The normalized spacial score (nSPS) is 12.8. The van der Waals surface area contributed by atoms with Crippen molar-refractivity contribution >= 4 is 21.8 Å². The molecule has 1 aliphatic carbocycles. The molecule has 2 aromatic heterocycles. The minimum atomic E-state index is -0.221. The van der Waals surface area contributed by atoms with Crippen molar-refractivity contribution < 1.29 is 0 Å². The van der Waals surface area contributed by atoms with Gasteiger partial charge in [0.2, 0.25) is 0 Å². The fraction of sp³-hybridized carbons (Fsp3) is 0.0588. The molecule has 2 heterocycles. The number of para-hydroxylation sites is 1. The number of nitrogens with zero attached hydrogens (tertiary/aromatic N) is 3. The number of pyridine rings is 1. The Hall–Kier alpha value is -7.02. The molecule has 0 fully saturated rings. The molecule has 0 amide bonds. The van der Waals surface area contributed by atoms with E-state index in [-0.39, 0.29) is 5.41 Å². The molecule has 254 valence electrons. The molecule has 0 saturated heterocycles. The predicted octanol–water partition coefficient (Wildman–Crippen LogP) is 13.0. The Kier molecular flexibility index (Phi) is 7.22. The summed E-state index contributed by atoms with van der Waals surface area (Å²) in [6, 6.07) is 64.5. The molecule has 54 heavy (non-hydrogen) atoms. The van der Waals surface area contributed by atoms with Crippen molar-refractivity contribution in [3.05, 3.63) is 193 Å². The first kappa shape index (κ1) is 31.7. The van der Waals surface area contributed by atoms with Crippen LogP contribution in [0.2, 0.25) is 0 Å². The highest BCUT2D eigenvalue weighted by atomic mass is 15.0. The van der Waals surface area contributed by atoms with Crippen LogP contribution in [0.25, 0.3) is 83.4 Å². The topological polar surface area (TPSA) is 41.6 Å². The van der Waals surface area contributed by atoms with E-state index in [1.54, 1.807) is 0 Å². The lowest BCUT2D eigenvalue weighted by Crippen LogP contribution is -2.16. The van der Waals surface area contributed by atoms with Crippen molar-refractivity contribution in [3.8, 4) is 67.7 Å². The Morgan fingerprint density at radius 1 is 0.500 bits per heavy atom. The van der Waals surface area contributed by atoms with E-state index in [2.05, 4.69) is 164 Å². The fourth-order valence-electron chi connectivity index (χ4n) is 8.69. The van der Waals surface area contributed by atoms with Crippen LogP contribution in [-0.2, 0) is 5.41 Å². The van der Waals surface area contributed by atoms with Gasteiger partial charge < -0.3 is 4.57 Å². The first-order valence-electron chi connectivity index (χ1n) is 18.4. The van der Waals surface area contributed by atoms with Gasteiger partial charge in [-0.05, 0) is 87.0 Å². The minimum Gasteiger partial charge on any atom is -0.309 e. The number of rotatable bonds is 5. The molecule has 0 radical (unpaired) electrons. The number of benzene rings is 7. The number of nitriles is 1. The van der Waals surface area contributed by atoms with Crippen molar-refractivity contribution in [2.24, 2.45) is 0 Å². The maximum atomic E-state index is 10.3. The zero-order valence-corrected chi connectivity index (χ0v) is 30.1. The van der Waals surface area contributed by atoms with Gasteiger partial charge in [-0.1, -0.05) is 147 Å². The lowest BCUT2D eigenvalue weighted by Gasteiger charge is -2.24. The van der Waals surface area contributed by atoms with Gasteiger partial charge in [-0.2, -0.15) is 5.26 Å². The van der Waals surface area contributed by atoms with Crippen LogP contribution >= 0.6 is 0 Å². The third kappa shape index (κ3) is 4.92. The molecule has 0 bridgehead atoms. The van der Waals surface area contributed by atoms with Crippen molar-refractivity contribution in [2.75, 3.05) is 0 Å². The number of hydrogen-bond donors (Lipinski definition) is 0. The first-order chi connectivity index (χ1) is 26.5. The molecular formula is C51H35N3.